The summed E-state index contributed by atoms with van der Waals surface area (Å²) in [4.78, 5) is 83.9. The Morgan fingerprint density at radius 3 is 0.752 bits per heavy atom. The van der Waals surface area contributed by atoms with Gasteiger partial charge in [-0.15, -0.1) is 0 Å². The molecule has 0 aromatic rings. The number of nitrogens with zero attached hydrogens (tertiary/aromatic N) is 8. The summed E-state index contributed by atoms with van der Waals surface area (Å²) in [6.07, 6.45) is 30.6. The lowest BCUT2D eigenvalue weighted by atomic mass is 9.87. The van der Waals surface area contributed by atoms with E-state index in [4.69, 9.17) is 80.7 Å². The van der Waals surface area contributed by atoms with E-state index in [1.165, 1.54) is 110 Å². The molecule has 0 saturated heterocycles. The first kappa shape index (κ1) is 163. The van der Waals surface area contributed by atoms with Crippen LogP contribution in [0.25, 0.3) is 0 Å². The summed E-state index contributed by atoms with van der Waals surface area (Å²) in [5.74, 6) is -7.77. The minimum Gasteiger partial charge on any atom is -0.748 e. The maximum Gasteiger partial charge on any atom is 0.397 e. The number of rotatable bonds is 76. The highest BCUT2D eigenvalue weighted by Gasteiger charge is 2.35. The molecule has 0 spiro atoms. The number of carbonyl (C=O) groups is 6. The van der Waals surface area contributed by atoms with Crippen molar-refractivity contribution in [2.75, 3.05) is 307 Å². The predicted molar refractivity (Wildman–Crippen MR) is 538 cm³/mol. The lowest BCUT2D eigenvalue weighted by Gasteiger charge is -2.29. The summed E-state index contributed by atoms with van der Waals surface area (Å²) >= 11 is 0. The van der Waals surface area contributed by atoms with E-state index < -0.39 is 124 Å². The summed E-state index contributed by atoms with van der Waals surface area (Å²) in [5.41, 5.74) is 2.10. The van der Waals surface area contributed by atoms with Gasteiger partial charge in [0, 0.05) is 61.2 Å². The number of carbonyl (C=O) groups excluding carboxylic acids is 4. The number of nitrogens with two attached hydrogens (primary N) is 1. The van der Waals surface area contributed by atoms with Gasteiger partial charge in [0.1, 0.15) is 96.2 Å². The molecule has 0 aliphatic carbocycles. The molecule has 0 saturated carbocycles. The summed E-state index contributed by atoms with van der Waals surface area (Å²) in [6.45, 7) is 17.7. The molecule has 0 aliphatic heterocycles. The molecule has 0 aliphatic rings. The largest absolute Gasteiger partial charge is 0.748 e. The molecule has 13 N–H and O–H groups in total. The number of hydrogen-bond acceptors (Lipinski definition) is 38. The quantitative estimate of drug-likeness (QED) is 0.0142. The molecule has 0 amide bonds. The molecule has 145 heavy (non-hydrogen) atoms. The van der Waals surface area contributed by atoms with E-state index in [2.05, 4.69) is 31.9 Å². The number of unbranched alkanes of at least 4 members (excludes halogenated alkanes) is 21. The molecule has 0 aromatic heterocycles. The standard InChI is InChI=1S/C15H33NO4S.C13H27NO3.C12H27NO4S.C10H21NO3.C8H19NO4S.C7H17NO4S.C7H15NO3.C6H13NO3.C6H12O4.C5H10O4.C2H7NO4S/c1-4-5-6-7-8-9-11-14-20-16(2,3)13-10-12-15-21(17,18)19;1-4-5-6-7-8-9-10-11-17-14(2,3)12-13(15)16;1-4-5-6-8-11-17-13(2,3)10-7-9-12-18(14,15)16;1-4-5-6-7-8-14-11(2,3)9-10(12)13;1-9(2,6-7-10)5-3-4-8-14(11,12)13;1-8(2,5-6-9)4-3-7-13(10,11)12;1-8(2,5-6-9)4-3-7(10)11;1-7(2,3-4-8)5-6(9)10;1-2-6(3-7,4-8)5(9)10;1-5(2-6,3-7)4(8)9;3-1-2-7-8(4,5)6/h4-15H2,1-3H3;4-12H2,1-3H3;4-12H2,1-3H3;4-9H2,1-3H3;10H,3-8H2,1-2H3;9H,3-7H2,1-2H3;9H,3-6H2,1-2H3;8H,3-5H2,1-2H3;7-8H,2-4H2,1H3,(H,9,10);6-7H,2-3H2,1H3,(H,8,9);1-3H2,(H,4,5,6). The lowest BCUT2D eigenvalue weighted by Crippen LogP contribution is -2.49. The van der Waals surface area contributed by atoms with Crippen molar-refractivity contribution < 1.29 is 225 Å². The Hall–Kier alpha value is -4.51. The van der Waals surface area contributed by atoms with Crippen LogP contribution in [-0.2, 0) is 103 Å². The van der Waals surface area contributed by atoms with Crippen molar-refractivity contribution in [1.29, 1.82) is 0 Å². The molecule has 0 heterocycles. The van der Waals surface area contributed by atoms with Gasteiger partial charge in [0.05, 0.1) is 250 Å². The second-order valence-corrected chi connectivity index (χ2v) is 47.0. The highest BCUT2D eigenvalue weighted by atomic mass is 32.3. The van der Waals surface area contributed by atoms with Gasteiger partial charge >= 0.3 is 22.3 Å². The Labute approximate surface area is 871 Å². The fourth-order valence-corrected chi connectivity index (χ4v) is 13.9. The van der Waals surface area contributed by atoms with E-state index in [9.17, 15) is 109 Å². The molecule has 0 aromatic carbocycles. The summed E-state index contributed by atoms with van der Waals surface area (Å²) in [6, 6.07) is 0. The zero-order valence-corrected chi connectivity index (χ0v) is 96.2. The van der Waals surface area contributed by atoms with Gasteiger partial charge in [0.2, 0.25) is 0 Å². The van der Waals surface area contributed by atoms with Gasteiger partial charge < -0.3 is 133 Å². The van der Waals surface area contributed by atoms with Gasteiger partial charge in [-0.25, -0.2) is 57.2 Å². The highest BCUT2D eigenvalue weighted by molar-refractivity contribution is 7.86. The van der Waals surface area contributed by atoms with Crippen LogP contribution in [0.5, 0.6) is 0 Å². The van der Waals surface area contributed by atoms with Gasteiger partial charge in [-0.05, 0) is 64.7 Å². The summed E-state index contributed by atoms with van der Waals surface area (Å²) in [5, 5.41) is 126. The zero-order chi connectivity index (χ0) is 116. The van der Waals surface area contributed by atoms with E-state index in [0.29, 0.717) is 120 Å². The first-order valence-corrected chi connectivity index (χ1v) is 57.3. The number of hydrogen-bond donors (Lipinski definition) is 12. The Bertz CT molecular complexity index is 3730. The summed E-state index contributed by atoms with van der Waals surface area (Å²) < 4.78 is 158. The van der Waals surface area contributed by atoms with Crippen LogP contribution in [-0.4, -0.2) is 495 Å². The third kappa shape index (κ3) is 139. The monoisotopic (exact) mass is 2220 g/mol. The molecule has 0 atom stereocenters. The number of quaternary nitrogens is 8. The first-order valence-electron chi connectivity index (χ1n) is 49.6. The van der Waals surface area contributed by atoms with Crippen LogP contribution in [0.3, 0.4) is 0 Å². The van der Waals surface area contributed by atoms with Crippen molar-refractivity contribution in [2.45, 2.75) is 241 Å². The van der Waals surface area contributed by atoms with E-state index >= 15 is 0 Å². The van der Waals surface area contributed by atoms with Crippen LogP contribution in [0.2, 0.25) is 0 Å². The smallest absolute Gasteiger partial charge is 0.397 e. The number of hydroxylamine groups is 12. The molecule has 880 valence electrons. The Balaban J connectivity index is -0.000000153. The third-order valence-electron chi connectivity index (χ3n) is 21.1. The molecule has 54 heteroatoms. The normalized spacial score (nSPS) is 12.2. The summed E-state index contributed by atoms with van der Waals surface area (Å²) in [7, 11) is 9.07. The number of carboxylic acid groups (broad SMARTS) is 6. The molecular weight excluding hydrogens is 2020 g/mol. The van der Waals surface area contributed by atoms with Crippen molar-refractivity contribution in [3.8, 4) is 0 Å². The molecule has 0 radical (unpaired) electrons. The molecular formula is C91H201N9O40S5. The van der Waals surface area contributed by atoms with Gasteiger partial charge in [0.15, 0.2) is 0 Å². The number of aliphatic carboxylic acids is 6. The SMILES string of the molecule is CC(CO)(CO)C(=O)O.CCC(CO)(CO)C(=O)O.CCCCCCCCCO[N+](C)(C)CC(=O)[O-].CCCCCCCCCO[N+](C)(C)CCCCS(=O)(=O)[O-].CCCCCCO[N+](C)(C)CC(=O)[O-].CCCCCCO[N+](C)(C)CCCCS(=O)(=O)[O-].C[N+](C)(CCO)CC(=O)[O-].C[N+](C)(CCO)CCC(=O)[O-].C[N+](C)(CCO)CCCCS(=O)(=O)[O-].C[N+](C)(CCO)CCCS(=O)(=O)[O-].NCCOS(=O)(=O)O. The predicted octanol–water partition coefficient (Wildman–Crippen LogP) is -1.56. The number of likely N-dealkylation sites (N-methyl/N-ethyl adjacent to an activating group) is 6. The van der Waals surface area contributed by atoms with Crippen LogP contribution in [0, 0.1) is 10.8 Å². The number of aliphatic hydroxyl groups excluding tert-OH is 8. The Kier molecular flexibility index (Phi) is 105. The van der Waals surface area contributed by atoms with Crippen LogP contribution in [0.4, 0.5) is 0 Å². The van der Waals surface area contributed by atoms with Crippen molar-refractivity contribution in [3.05, 3.63) is 0 Å². The van der Waals surface area contributed by atoms with Crippen LogP contribution >= 0.6 is 0 Å². The molecule has 0 fully saturated rings. The minimum atomic E-state index is -4.27. The fraction of sp³-hybridized carbons (Fsp3) is 0.934. The topological polar surface area (TPSA) is 752 Å². The fourth-order valence-electron chi connectivity index (χ4n) is 11.4. The third-order valence-corrected chi connectivity index (χ3v) is 24.7. The molecule has 49 nitrogen and oxygen atoms in total. The van der Waals surface area contributed by atoms with E-state index in [0.717, 1.165) is 71.4 Å². The van der Waals surface area contributed by atoms with Crippen LogP contribution in [0.1, 0.15) is 241 Å². The van der Waals surface area contributed by atoms with Gasteiger partial charge in [-0.1, -0.05) is 150 Å². The average Bonchev–Trinajstić information content (AvgIpc) is 0.869. The zero-order valence-electron chi connectivity index (χ0n) is 92.1. The van der Waals surface area contributed by atoms with Gasteiger partial charge in [0.25, 0.3) is 0 Å². The van der Waals surface area contributed by atoms with Crippen LogP contribution < -0.4 is 26.2 Å². The maximum absolute atomic E-state index is 10.5. The average molecular weight is 2220 g/mol. The molecule has 0 bridgehead atoms. The van der Waals surface area contributed by atoms with Gasteiger partial charge in [-0.3, -0.25) is 14.1 Å². The minimum absolute atomic E-state index is 0.000278. The molecule has 0 unspecified atom stereocenters. The number of aliphatic hydroxyl groups is 8. The highest BCUT2D eigenvalue weighted by Crippen LogP contribution is 2.21. The van der Waals surface area contributed by atoms with Gasteiger partial charge in [-0.2, -0.15) is 27.0 Å². The van der Waals surface area contributed by atoms with Crippen molar-refractivity contribution in [1.82, 2.24) is 0 Å². The molecule has 0 rings (SSSR count). The van der Waals surface area contributed by atoms with Crippen LogP contribution in [0.15, 0.2) is 0 Å². The van der Waals surface area contributed by atoms with Crippen molar-refractivity contribution in [3.63, 3.8) is 0 Å². The lowest BCUT2D eigenvalue weighted by molar-refractivity contribution is -1.08. The Morgan fingerprint density at radius 2 is 0.545 bits per heavy atom. The van der Waals surface area contributed by atoms with E-state index in [1.807, 2.05) is 70.5 Å². The van der Waals surface area contributed by atoms with E-state index in [1.54, 1.807) is 49.2 Å². The Morgan fingerprint density at radius 1 is 0.297 bits per heavy atom. The maximum atomic E-state index is 10.5. The van der Waals surface area contributed by atoms with Crippen molar-refractivity contribution in [2.24, 2.45) is 16.6 Å². The van der Waals surface area contributed by atoms with Crippen molar-refractivity contribution >= 4 is 86.7 Å². The second kappa shape index (κ2) is 93.1. The van der Waals surface area contributed by atoms with E-state index in [-0.39, 0.29) is 109 Å². The number of carboxylic acids is 6. The second-order valence-electron chi connectivity index (χ2n) is 39.9. The first-order chi connectivity index (χ1) is 66.2.